The highest BCUT2D eigenvalue weighted by Gasteiger charge is 2.58. The average Bonchev–Trinajstić information content (AvgIpc) is 3.03. The molecule has 3 rings (SSSR count). The Morgan fingerprint density at radius 2 is 2.21 bits per heavy atom. The van der Waals surface area contributed by atoms with Crippen LogP contribution in [0.1, 0.15) is 12.0 Å². The van der Waals surface area contributed by atoms with Gasteiger partial charge in [-0.25, -0.2) is 12.7 Å². The Balaban J connectivity index is 1.60. The molecule has 24 heavy (non-hydrogen) atoms. The molecule has 8 heteroatoms. The highest BCUT2D eigenvalue weighted by atomic mass is 32.2. The van der Waals surface area contributed by atoms with Gasteiger partial charge in [-0.15, -0.1) is 0 Å². The fourth-order valence-electron chi connectivity index (χ4n) is 3.90. The van der Waals surface area contributed by atoms with E-state index in [-0.39, 0.29) is 12.5 Å². The van der Waals surface area contributed by atoms with Gasteiger partial charge in [0.2, 0.25) is 10.0 Å². The summed E-state index contributed by atoms with van der Waals surface area (Å²) in [7, 11) is -3.34. The Labute approximate surface area is 142 Å². The number of carbonyl (C=O) groups is 1. The second kappa shape index (κ2) is 6.42. The third-order valence-corrected chi connectivity index (χ3v) is 6.42. The number of rotatable bonds is 6. The van der Waals surface area contributed by atoms with Crippen LogP contribution in [0.4, 0.5) is 0 Å². The van der Waals surface area contributed by atoms with Crippen LogP contribution < -0.4 is 0 Å². The number of carboxylic acids is 1. The number of carboxylic acid groups (broad SMARTS) is 1. The zero-order chi connectivity index (χ0) is 17.4. The average molecular weight is 353 g/mol. The van der Waals surface area contributed by atoms with Gasteiger partial charge in [0.1, 0.15) is 0 Å². The first-order valence-corrected chi connectivity index (χ1v) is 9.96. The Hall–Kier alpha value is -1.51. The fraction of sp³-hybridized carbons (Fsp3) is 0.625. The van der Waals surface area contributed by atoms with Crippen LogP contribution in [-0.2, 0) is 21.2 Å². The molecule has 0 aromatic carbocycles. The highest BCUT2D eigenvalue weighted by molar-refractivity contribution is 7.88. The Morgan fingerprint density at radius 1 is 1.42 bits per heavy atom. The maximum atomic E-state index is 11.9. The molecule has 0 spiro atoms. The second-order valence-corrected chi connectivity index (χ2v) is 8.90. The topological polar surface area (TPSA) is 90.8 Å². The Bertz CT molecular complexity index is 709. The third kappa shape index (κ3) is 3.31. The van der Waals surface area contributed by atoms with Crippen LogP contribution in [0.2, 0.25) is 0 Å². The van der Waals surface area contributed by atoms with Crippen LogP contribution in [0.3, 0.4) is 0 Å². The molecule has 0 aliphatic carbocycles. The summed E-state index contributed by atoms with van der Waals surface area (Å²) in [5, 5.41) is 9.72. The van der Waals surface area contributed by atoms with Crippen molar-refractivity contribution in [2.24, 2.45) is 11.3 Å². The summed E-state index contributed by atoms with van der Waals surface area (Å²) in [5.41, 5.74) is 0.213. The van der Waals surface area contributed by atoms with Crippen molar-refractivity contribution >= 4 is 16.0 Å². The van der Waals surface area contributed by atoms with Gasteiger partial charge in [-0.2, -0.15) is 0 Å². The van der Waals surface area contributed by atoms with Gasteiger partial charge in [-0.3, -0.25) is 9.78 Å². The number of hydrogen-bond donors (Lipinski definition) is 1. The van der Waals surface area contributed by atoms with Crippen molar-refractivity contribution in [2.45, 2.75) is 12.8 Å². The van der Waals surface area contributed by atoms with Crippen LogP contribution in [-0.4, -0.2) is 72.7 Å². The van der Waals surface area contributed by atoms with Crippen LogP contribution in [0.5, 0.6) is 0 Å². The van der Waals surface area contributed by atoms with E-state index in [2.05, 4.69) is 9.88 Å². The lowest BCUT2D eigenvalue weighted by Gasteiger charge is -2.24. The van der Waals surface area contributed by atoms with Gasteiger partial charge in [0.05, 0.1) is 11.7 Å². The Morgan fingerprint density at radius 3 is 2.79 bits per heavy atom. The molecule has 0 amide bonds. The molecule has 0 saturated carbocycles. The van der Waals surface area contributed by atoms with Gasteiger partial charge in [0.15, 0.2) is 0 Å². The molecule has 1 aromatic rings. The molecule has 2 saturated heterocycles. The zero-order valence-electron chi connectivity index (χ0n) is 13.8. The lowest BCUT2D eigenvalue weighted by molar-refractivity contribution is -0.148. The van der Waals surface area contributed by atoms with E-state index in [4.69, 9.17) is 0 Å². The minimum absolute atomic E-state index is 0.0882. The molecule has 1 aromatic heterocycles. The monoisotopic (exact) mass is 353 g/mol. The highest BCUT2D eigenvalue weighted by Crippen LogP contribution is 2.43. The summed E-state index contributed by atoms with van der Waals surface area (Å²) in [6, 6.07) is 3.95. The second-order valence-electron chi connectivity index (χ2n) is 6.91. The Kier molecular flexibility index (Phi) is 4.63. The number of hydrogen-bond acceptors (Lipinski definition) is 5. The summed E-state index contributed by atoms with van der Waals surface area (Å²) < 4.78 is 24.8. The van der Waals surface area contributed by atoms with Crippen molar-refractivity contribution in [3.8, 4) is 0 Å². The van der Waals surface area contributed by atoms with E-state index in [0.29, 0.717) is 19.6 Å². The summed E-state index contributed by atoms with van der Waals surface area (Å²) in [6.07, 6.45) is 6.58. The van der Waals surface area contributed by atoms with E-state index in [0.717, 1.165) is 25.6 Å². The molecule has 2 atom stereocenters. The molecule has 0 unspecified atom stereocenters. The smallest absolute Gasteiger partial charge is 0.312 e. The number of pyridine rings is 1. The van der Waals surface area contributed by atoms with Crippen LogP contribution in [0, 0.1) is 11.3 Å². The van der Waals surface area contributed by atoms with E-state index in [1.807, 2.05) is 18.3 Å². The van der Waals surface area contributed by atoms with E-state index in [9.17, 15) is 18.3 Å². The van der Waals surface area contributed by atoms with Crippen molar-refractivity contribution in [3.63, 3.8) is 0 Å². The molecule has 0 bridgehead atoms. The largest absolute Gasteiger partial charge is 0.481 e. The summed E-state index contributed by atoms with van der Waals surface area (Å²) in [4.78, 5) is 18.1. The number of aryl methyl sites for hydroxylation is 1. The van der Waals surface area contributed by atoms with Crippen molar-refractivity contribution in [1.82, 2.24) is 14.2 Å². The molecule has 3 heterocycles. The fourth-order valence-corrected chi connectivity index (χ4v) is 4.82. The van der Waals surface area contributed by atoms with Gasteiger partial charge >= 0.3 is 5.97 Å². The SMILES string of the molecule is CS(=O)(=O)N1C[C@H]2CN(CCCc3cccnc3)C[C@@]2(C(=O)O)C1. The molecule has 0 radical (unpaired) electrons. The maximum absolute atomic E-state index is 11.9. The number of nitrogens with zero attached hydrogens (tertiary/aromatic N) is 3. The first-order valence-electron chi connectivity index (χ1n) is 8.11. The lowest BCUT2D eigenvalue weighted by Crippen LogP contribution is -2.42. The standard InChI is InChI=1S/C16H23N3O4S/c1-24(22,23)19-10-14-9-18(11-16(14,12-19)15(20)21)7-3-5-13-4-2-6-17-8-13/h2,4,6,8,14H,3,5,7,9-12H2,1H3,(H,20,21)/t14-,16-/m1/s1. The molecule has 7 nitrogen and oxygen atoms in total. The van der Waals surface area contributed by atoms with Crippen molar-refractivity contribution < 1.29 is 18.3 Å². The van der Waals surface area contributed by atoms with E-state index >= 15 is 0 Å². The quantitative estimate of drug-likeness (QED) is 0.791. The lowest BCUT2D eigenvalue weighted by atomic mass is 9.81. The minimum Gasteiger partial charge on any atom is -0.481 e. The van der Waals surface area contributed by atoms with E-state index in [1.54, 1.807) is 6.20 Å². The van der Waals surface area contributed by atoms with Gasteiger partial charge in [0, 0.05) is 44.5 Å². The van der Waals surface area contributed by atoms with Crippen LogP contribution in [0.25, 0.3) is 0 Å². The van der Waals surface area contributed by atoms with E-state index < -0.39 is 21.4 Å². The summed E-state index contributed by atoms with van der Waals surface area (Å²) in [6.45, 7) is 2.28. The predicted molar refractivity (Wildman–Crippen MR) is 89.0 cm³/mol. The van der Waals surface area contributed by atoms with Crippen LogP contribution in [0.15, 0.2) is 24.5 Å². The van der Waals surface area contributed by atoms with E-state index in [1.165, 1.54) is 9.87 Å². The molecule has 2 aliphatic rings. The van der Waals surface area contributed by atoms with Crippen LogP contribution >= 0.6 is 0 Å². The van der Waals surface area contributed by atoms with Crippen molar-refractivity contribution in [1.29, 1.82) is 0 Å². The maximum Gasteiger partial charge on any atom is 0.312 e. The summed E-state index contributed by atoms with van der Waals surface area (Å²) >= 11 is 0. The first kappa shape index (κ1) is 17.3. The summed E-state index contributed by atoms with van der Waals surface area (Å²) in [5.74, 6) is -1.02. The minimum atomic E-state index is -3.34. The predicted octanol–water partition coefficient (Wildman–Crippen LogP) is 0.292. The zero-order valence-corrected chi connectivity index (χ0v) is 14.6. The molecule has 1 N–H and O–H groups in total. The van der Waals surface area contributed by atoms with Gasteiger partial charge in [-0.1, -0.05) is 6.07 Å². The van der Waals surface area contributed by atoms with Gasteiger partial charge in [-0.05, 0) is 31.0 Å². The van der Waals surface area contributed by atoms with Crippen molar-refractivity contribution in [2.75, 3.05) is 39.0 Å². The number of fused-ring (bicyclic) bond motifs is 1. The molecular formula is C16H23N3O4S. The molecule has 132 valence electrons. The van der Waals surface area contributed by atoms with Gasteiger partial charge in [0.25, 0.3) is 0 Å². The first-order chi connectivity index (χ1) is 11.3. The number of likely N-dealkylation sites (tertiary alicyclic amines) is 1. The molecular weight excluding hydrogens is 330 g/mol. The normalized spacial score (nSPS) is 28.1. The third-order valence-electron chi connectivity index (χ3n) is 5.21. The number of sulfonamides is 1. The molecule has 2 fully saturated rings. The van der Waals surface area contributed by atoms with Crippen molar-refractivity contribution in [3.05, 3.63) is 30.1 Å². The number of aliphatic carboxylic acids is 1. The number of aromatic nitrogens is 1. The van der Waals surface area contributed by atoms with Gasteiger partial charge < -0.3 is 10.0 Å². The molecule has 2 aliphatic heterocycles.